The summed E-state index contributed by atoms with van der Waals surface area (Å²) in [5.74, 6) is -0.157. The van der Waals surface area contributed by atoms with Crippen molar-refractivity contribution in [3.8, 4) is 0 Å². The van der Waals surface area contributed by atoms with Crippen LogP contribution in [0.25, 0.3) is 0 Å². The summed E-state index contributed by atoms with van der Waals surface area (Å²) in [5, 5.41) is 0. The van der Waals surface area contributed by atoms with Gasteiger partial charge in [0.2, 0.25) is 0 Å². The predicted molar refractivity (Wildman–Crippen MR) is 39.9 cm³/mol. The highest BCUT2D eigenvalue weighted by Gasteiger charge is 1.87. The van der Waals surface area contributed by atoms with E-state index in [2.05, 4.69) is 9.47 Å². The van der Waals surface area contributed by atoms with Gasteiger partial charge in [-0.3, -0.25) is 4.79 Å². The van der Waals surface area contributed by atoms with Gasteiger partial charge < -0.3 is 9.47 Å². The Hall–Kier alpha value is -0.570. The van der Waals surface area contributed by atoms with Gasteiger partial charge in [-0.05, 0) is 6.92 Å². The maximum absolute atomic E-state index is 9.96. The monoisotopic (exact) mass is 148 g/mol. The number of hydrogen-bond donors (Lipinski definition) is 0. The van der Waals surface area contributed by atoms with Gasteiger partial charge in [-0.1, -0.05) is 6.92 Å². The molecule has 0 aromatic heterocycles. The molecule has 0 heterocycles. The largest absolute Gasteiger partial charge is 0.469 e. The van der Waals surface area contributed by atoms with Crippen LogP contribution in [0.4, 0.5) is 0 Å². The molecule has 3 nitrogen and oxygen atoms in total. The summed E-state index contributed by atoms with van der Waals surface area (Å²) in [5.41, 5.74) is 0. The molecule has 0 fully saturated rings. The van der Waals surface area contributed by atoms with Gasteiger partial charge >= 0.3 is 5.97 Å². The molecular weight excluding hydrogens is 132 g/mol. The van der Waals surface area contributed by atoms with Crippen molar-refractivity contribution in [1.82, 2.24) is 0 Å². The van der Waals surface area contributed by atoms with E-state index in [0.717, 1.165) is 6.61 Å². The summed E-state index contributed by atoms with van der Waals surface area (Å²) in [6, 6.07) is 0. The first-order valence-electron chi connectivity index (χ1n) is 3.28. The highest BCUT2D eigenvalue weighted by molar-refractivity contribution is 5.68. The first-order valence-corrected chi connectivity index (χ1v) is 3.28. The lowest BCUT2D eigenvalue weighted by Gasteiger charge is -1.87. The summed E-state index contributed by atoms with van der Waals surface area (Å²) in [6.45, 7) is 4.53. The maximum atomic E-state index is 9.96. The molecule has 0 aliphatic rings. The number of carbonyl (C=O) groups is 1. The van der Waals surface area contributed by atoms with Crippen molar-refractivity contribution >= 4 is 5.97 Å². The summed E-state index contributed by atoms with van der Waals surface area (Å²) >= 11 is 0. The van der Waals surface area contributed by atoms with Gasteiger partial charge in [0.15, 0.2) is 0 Å². The van der Waals surface area contributed by atoms with Crippen LogP contribution < -0.4 is 0 Å². The molecule has 0 saturated heterocycles. The highest BCUT2D eigenvalue weighted by Crippen LogP contribution is 1.76. The van der Waals surface area contributed by atoms with Gasteiger partial charge in [-0.2, -0.15) is 0 Å². The number of hydrogen-bond acceptors (Lipinski definition) is 3. The third-order valence-corrected chi connectivity index (χ3v) is 0.805. The number of rotatable bonds is 2. The lowest BCUT2D eigenvalue weighted by Crippen LogP contribution is -1.94. The van der Waals surface area contributed by atoms with Gasteiger partial charge in [-0.25, -0.2) is 0 Å². The summed E-state index contributed by atoms with van der Waals surface area (Å²) in [6.07, 6.45) is 0.469. The van der Waals surface area contributed by atoms with E-state index in [1.54, 1.807) is 14.0 Å². The molecule has 0 atom stereocenters. The Balaban J connectivity index is 0. The molecule has 0 bridgehead atoms. The Bertz CT molecular complexity index is 63.3. The molecule has 0 aliphatic carbocycles. The normalized spacial score (nSPS) is 7.60. The third-order valence-electron chi connectivity index (χ3n) is 0.805. The average molecular weight is 148 g/mol. The predicted octanol–water partition coefficient (Wildman–Crippen LogP) is 1.22. The van der Waals surface area contributed by atoms with E-state index in [1.807, 2.05) is 6.92 Å². The first-order chi connectivity index (χ1) is 4.72. The third kappa shape index (κ3) is 15.7. The standard InChI is InChI=1S/C4H8O2.C3H8O/c1-3-4(5)6-2;1-3-4-2/h3H2,1-2H3;3H2,1-2H3. The highest BCUT2D eigenvalue weighted by atomic mass is 16.5. The zero-order chi connectivity index (χ0) is 8.41. The van der Waals surface area contributed by atoms with E-state index in [0.29, 0.717) is 6.42 Å². The SMILES string of the molecule is CCC(=O)OC.CCOC. The van der Waals surface area contributed by atoms with Gasteiger partial charge in [-0.15, -0.1) is 0 Å². The van der Waals surface area contributed by atoms with Crippen molar-refractivity contribution in [2.24, 2.45) is 0 Å². The molecule has 10 heavy (non-hydrogen) atoms. The molecule has 0 saturated carbocycles. The van der Waals surface area contributed by atoms with Gasteiger partial charge in [0.25, 0.3) is 0 Å². The zero-order valence-electron chi connectivity index (χ0n) is 7.14. The lowest BCUT2D eigenvalue weighted by atomic mass is 10.5. The molecule has 0 aliphatic heterocycles. The molecule has 0 aromatic rings. The van der Waals surface area contributed by atoms with Crippen LogP contribution in [-0.2, 0) is 14.3 Å². The van der Waals surface area contributed by atoms with E-state index >= 15 is 0 Å². The van der Waals surface area contributed by atoms with Crippen molar-refractivity contribution < 1.29 is 14.3 Å². The van der Waals surface area contributed by atoms with E-state index in [9.17, 15) is 4.79 Å². The minimum Gasteiger partial charge on any atom is -0.469 e. The molecule has 0 aromatic carbocycles. The number of methoxy groups -OCH3 is 2. The van der Waals surface area contributed by atoms with Crippen LogP contribution in [0, 0.1) is 0 Å². The van der Waals surface area contributed by atoms with Crippen molar-refractivity contribution in [2.45, 2.75) is 20.3 Å². The summed E-state index contributed by atoms with van der Waals surface area (Å²) in [7, 11) is 3.06. The molecule has 0 unspecified atom stereocenters. The van der Waals surface area contributed by atoms with Crippen LogP contribution in [-0.4, -0.2) is 26.8 Å². The summed E-state index contributed by atoms with van der Waals surface area (Å²) < 4.78 is 8.80. The van der Waals surface area contributed by atoms with E-state index < -0.39 is 0 Å². The molecule has 0 amide bonds. The Kier molecular flexibility index (Phi) is 13.7. The van der Waals surface area contributed by atoms with Crippen LogP contribution in [0.1, 0.15) is 20.3 Å². The lowest BCUT2D eigenvalue weighted by molar-refractivity contribution is -0.140. The van der Waals surface area contributed by atoms with Crippen molar-refractivity contribution in [3.63, 3.8) is 0 Å². The van der Waals surface area contributed by atoms with Crippen LogP contribution in [0.15, 0.2) is 0 Å². The van der Waals surface area contributed by atoms with Crippen molar-refractivity contribution in [1.29, 1.82) is 0 Å². The Morgan fingerprint density at radius 2 is 1.70 bits per heavy atom. The molecule has 0 radical (unpaired) electrons. The second-order valence-electron chi connectivity index (χ2n) is 1.51. The smallest absolute Gasteiger partial charge is 0.305 e. The second-order valence-corrected chi connectivity index (χ2v) is 1.51. The Morgan fingerprint density at radius 3 is 1.70 bits per heavy atom. The van der Waals surface area contributed by atoms with E-state index in [4.69, 9.17) is 0 Å². The quantitative estimate of drug-likeness (QED) is 0.552. The molecule has 0 spiro atoms. The average Bonchev–Trinajstić information content (AvgIpc) is 2.03. The van der Waals surface area contributed by atoms with Crippen molar-refractivity contribution in [2.75, 3.05) is 20.8 Å². The van der Waals surface area contributed by atoms with Crippen LogP contribution in [0.2, 0.25) is 0 Å². The summed E-state index contributed by atoms with van der Waals surface area (Å²) in [4.78, 5) is 9.96. The number of ether oxygens (including phenoxy) is 2. The van der Waals surface area contributed by atoms with Crippen molar-refractivity contribution in [3.05, 3.63) is 0 Å². The van der Waals surface area contributed by atoms with Gasteiger partial charge in [0.05, 0.1) is 7.11 Å². The van der Waals surface area contributed by atoms with E-state index in [1.165, 1.54) is 7.11 Å². The molecular formula is C7H16O3. The minimum absolute atomic E-state index is 0.157. The molecule has 3 heteroatoms. The fourth-order valence-corrected chi connectivity index (χ4v) is 0.144. The van der Waals surface area contributed by atoms with Crippen LogP contribution in [0.5, 0.6) is 0 Å². The minimum atomic E-state index is -0.157. The fraction of sp³-hybridized carbons (Fsp3) is 0.857. The first kappa shape index (κ1) is 12.1. The Labute approximate surface area is 62.3 Å². The fourth-order valence-electron chi connectivity index (χ4n) is 0.144. The van der Waals surface area contributed by atoms with Crippen LogP contribution >= 0.6 is 0 Å². The Morgan fingerprint density at radius 1 is 1.30 bits per heavy atom. The molecule has 0 N–H and O–H groups in total. The molecule has 62 valence electrons. The van der Waals surface area contributed by atoms with Crippen LogP contribution in [0.3, 0.4) is 0 Å². The van der Waals surface area contributed by atoms with Gasteiger partial charge in [0.1, 0.15) is 0 Å². The maximum Gasteiger partial charge on any atom is 0.305 e. The zero-order valence-corrected chi connectivity index (χ0v) is 7.14. The number of carbonyl (C=O) groups excluding carboxylic acids is 1. The topological polar surface area (TPSA) is 35.5 Å². The van der Waals surface area contributed by atoms with E-state index in [-0.39, 0.29) is 5.97 Å². The van der Waals surface area contributed by atoms with Gasteiger partial charge in [0, 0.05) is 20.1 Å². The molecule has 0 rings (SSSR count). The second kappa shape index (κ2) is 11.3. The number of esters is 1.